The highest BCUT2D eigenvalue weighted by Gasteiger charge is 2.22. The molecule has 0 amide bonds. The van der Waals surface area contributed by atoms with E-state index in [1.165, 1.54) is 37.1 Å². The number of ether oxygens (including phenoxy) is 1. The Balaban J connectivity index is 1.55. The third-order valence-electron chi connectivity index (χ3n) is 4.83. The van der Waals surface area contributed by atoms with Gasteiger partial charge in [0.15, 0.2) is 0 Å². The van der Waals surface area contributed by atoms with Gasteiger partial charge < -0.3 is 15.0 Å². The van der Waals surface area contributed by atoms with Crippen LogP contribution in [0.5, 0.6) is 5.75 Å². The fraction of sp³-hybridized carbons (Fsp3) is 0.667. The first-order chi connectivity index (χ1) is 10.2. The van der Waals surface area contributed by atoms with Crippen molar-refractivity contribution in [2.45, 2.75) is 45.7 Å². The lowest BCUT2D eigenvalue weighted by atomic mass is 9.98. The molecular formula is C18H28N2O. The summed E-state index contributed by atoms with van der Waals surface area (Å²) >= 11 is 0. The Bertz CT molecular complexity index is 472. The highest BCUT2D eigenvalue weighted by molar-refractivity contribution is 5.37. The number of fused-ring (bicyclic) bond motifs is 1. The molecule has 0 aliphatic carbocycles. The van der Waals surface area contributed by atoms with E-state index < -0.39 is 0 Å². The average Bonchev–Trinajstić information content (AvgIpc) is 2.53. The van der Waals surface area contributed by atoms with Gasteiger partial charge in [0.05, 0.1) is 6.61 Å². The maximum atomic E-state index is 6.09. The van der Waals surface area contributed by atoms with Crippen LogP contribution in [0.2, 0.25) is 0 Å². The number of likely N-dealkylation sites (tertiary alicyclic amines) is 1. The highest BCUT2D eigenvalue weighted by Crippen LogP contribution is 2.23. The van der Waals surface area contributed by atoms with E-state index in [1.807, 2.05) is 0 Å². The largest absolute Gasteiger partial charge is 0.493 e. The minimum Gasteiger partial charge on any atom is -0.493 e. The maximum Gasteiger partial charge on any atom is 0.119 e. The van der Waals surface area contributed by atoms with Crippen LogP contribution < -0.4 is 10.1 Å². The maximum absolute atomic E-state index is 6.09. The predicted molar refractivity (Wildman–Crippen MR) is 86.8 cm³/mol. The summed E-state index contributed by atoms with van der Waals surface area (Å²) in [5, 5.41) is 3.41. The number of benzene rings is 1. The number of nitrogens with zero attached hydrogens (tertiary/aromatic N) is 1. The summed E-state index contributed by atoms with van der Waals surface area (Å²) in [6.07, 6.45) is 3.73. The zero-order chi connectivity index (χ0) is 14.7. The number of nitrogens with one attached hydrogen (secondary N) is 1. The number of piperidine rings is 1. The average molecular weight is 288 g/mol. The molecule has 1 N–H and O–H groups in total. The van der Waals surface area contributed by atoms with E-state index in [4.69, 9.17) is 4.74 Å². The molecule has 1 aromatic rings. The van der Waals surface area contributed by atoms with E-state index >= 15 is 0 Å². The molecule has 1 fully saturated rings. The molecule has 0 aromatic heterocycles. The van der Waals surface area contributed by atoms with E-state index in [-0.39, 0.29) is 0 Å². The molecule has 21 heavy (non-hydrogen) atoms. The van der Waals surface area contributed by atoms with E-state index in [2.05, 4.69) is 42.3 Å². The van der Waals surface area contributed by atoms with Gasteiger partial charge in [0, 0.05) is 25.0 Å². The molecule has 0 spiro atoms. The van der Waals surface area contributed by atoms with Crippen molar-refractivity contribution in [2.75, 3.05) is 26.2 Å². The van der Waals surface area contributed by atoms with E-state index in [9.17, 15) is 0 Å². The molecular weight excluding hydrogens is 260 g/mol. The van der Waals surface area contributed by atoms with Gasteiger partial charge in [-0.15, -0.1) is 0 Å². The number of hydrogen-bond acceptors (Lipinski definition) is 3. The summed E-state index contributed by atoms with van der Waals surface area (Å²) in [7, 11) is 0. The second-order valence-electron chi connectivity index (χ2n) is 6.77. The minimum atomic E-state index is 0.657. The standard InChI is InChI=1S/C18H28N2O/c1-14(2)20-9-3-4-15(12-20)13-21-18-6-5-17-11-19-8-7-16(17)10-18/h5-6,10,14-15,19H,3-4,7-9,11-13H2,1-2H3. The summed E-state index contributed by atoms with van der Waals surface area (Å²) in [6, 6.07) is 7.26. The molecule has 1 unspecified atom stereocenters. The summed E-state index contributed by atoms with van der Waals surface area (Å²) in [6.45, 7) is 9.97. The highest BCUT2D eigenvalue weighted by atomic mass is 16.5. The summed E-state index contributed by atoms with van der Waals surface area (Å²) in [4.78, 5) is 2.58. The number of rotatable bonds is 4. The lowest BCUT2D eigenvalue weighted by Gasteiger charge is -2.35. The fourth-order valence-electron chi connectivity index (χ4n) is 3.46. The Kier molecular flexibility index (Phi) is 4.81. The Morgan fingerprint density at radius 3 is 3.10 bits per heavy atom. The van der Waals surface area contributed by atoms with Crippen molar-refractivity contribution in [3.8, 4) is 5.75 Å². The van der Waals surface area contributed by atoms with Crippen LogP contribution >= 0.6 is 0 Å². The zero-order valence-corrected chi connectivity index (χ0v) is 13.4. The molecule has 0 saturated carbocycles. The molecule has 3 nitrogen and oxygen atoms in total. The van der Waals surface area contributed by atoms with Crippen molar-refractivity contribution in [3.05, 3.63) is 29.3 Å². The van der Waals surface area contributed by atoms with Crippen LogP contribution in [0.3, 0.4) is 0 Å². The van der Waals surface area contributed by atoms with E-state index in [0.29, 0.717) is 12.0 Å². The zero-order valence-electron chi connectivity index (χ0n) is 13.4. The van der Waals surface area contributed by atoms with Gasteiger partial charge in [0.2, 0.25) is 0 Å². The van der Waals surface area contributed by atoms with Crippen molar-refractivity contribution in [1.82, 2.24) is 10.2 Å². The molecule has 2 aliphatic heterocycles. The Labute approximate surface area is 128 Å². The van der Waals surface area contributed by atoms with Crippen LogP contribution in [0.25, 0.3) is 0 Å². The quantitative estimate of drug-likeness (QED) is 0.922. The predicted octanol–water partition coefficient (Wildman–Crippen LogP) is 2.83. The van der Waals surface area contributed by atoms with Gasteiger partial charge in [-0.05, 0) is 69.5 Å². The first-order valence-electron chi connectivity index (χ1n) is 8.42. The summed E-state index contributed by atoms with van der Waals surface area (Å²) in [5.41, 5.74) is 2.89. The van der Waals surface area contributed by atoms with Crippen LogP contribution in [0.1, 0.15) is 37.8 Å². The third-order valence-corrected chi connectivity index (χ3v) is 4.83. The summed E-state index contributed by atoms with van der Waals surface area (Å²) in [5.74, 6) is 1.73. The van der Waals surface area contributed by atoms with Crippen LogP contribution in [-0.2, 0) is 13.0 Å². The van der Waals surface area contributed by atoms with Gasteiger partial charge in [-0.3, -0.25) is 0 Å². The van der Waals surface area contributed by atoms with Gasteiger partial charge in [-0.25, -0.2) is 0 Å². The van der Waals surface area contributed by atoms with Gasteiger partial charge in [0.1, 0.15) is 5.75 Å². The van der Waals surface area contributed by atoms with Gasteiger partial charge in [0.25, 0.3) is 0 Å². The topological polar surface area (TPSA) is 24.5 Å². The van der Waals surface area contributed by atoms with Gasteiger partial charge in [-0.2, -0.15) is 0 Å². The van der Waals surface area contributed by atoms with Crippen molar-refractivity contribution in [3.63, 3.8) is 0 Å². The fourth-order valence-corrected chi connectivity index (χ4v) is 3.46. The van der Waals surface area contributed by atoms with Crippen LogP contribution in [0, 0.1) is 5.92 Å². The molecule has 3 heteroatoms. The SMILES string of the molecule is CC(C)N1CCCC(COc2ccc3c(c2)CCNC3)C1. The monoisotopic (exact) mass is 288 g/mol. The van der Waals surface area contributed by atoms with Gasteiger partial charge >= 0.3 is 0 Å². The molecule has 0 bridgehead atoms. The van der Waals surface area contributed by atoms with Crippen LogP contribution in [0.4, 0.5) is 0 Å². The van der Waals surface area contributed by atoms with Crippen LogP contribution in [-0.4, -0.2) is 37.2 Å². The van der Waals surface area contributed by atoms with Crippen molar-refractivity contribution < 1.29 is 4.74 Å². The smallest absolute Gasteiger partial charge is 0.119 e. The first kappa shape index (κ1) is 14.9. The van der Waals surface area contributed by atoms with Crippen molar-refractivity contribution in [1.29, 1.82) is 0 Å². The Hall–Kier alpha value is -1.06. The lowest BCUT2D eigenvalue weighted by Crippen LogP contribution is -2.41. The third kappa shape index (κ3) is 3.78. The van der Waals surface area contributed by atoms with E-state index in [1.54, 1.807) is 0 Å². The molecule has 3 rings (SSSR count). The molecule has 1 saturated heterocycles. The second kappa shape index (κ2) is 6.80. The normalized spacial score (nSPS) is 23.1. The molecule has 2 aliphatic rings. The minimum absolute atomic E-state index is 0.657. The summed E-state index contributed by atoms with van der Waals surface area (Å²) < 4.78 is 6.09. The Morgan fingerprint density at radius 2 is 2.24 bits per heavy atom. The first-order valence-corrected chi connectivity index (χ1v) is 8.42. The van der Waals surface area contributed by atoms with Crippen molar-refractivity contribution in [2.24, 2.45) is 5.92 Å². The lowest BCUT2D eigenvalue weighted by molar-refractivity contribution is 0.107. The van der Waals surface area contributed by atoms with Crippen LogP contribution in [0.15, 0.2) is 18.2 Å². The van der Waals surface area contributed by atoms with Gasteiger partial charge in [-0.1, -0.05) is 6.07 Å². The molecule has 1 atom stereocenters. The molecule has 1 aromatic carbocycles. The molecule has 116 valence electrons. The van der Waals surface area contributed by atoms with Crippen molar-refractivity contribution >= 4 is 0 Å². The second-order valence-corrected chi connectivity index (χ2v) is 6.77. The Morgan fingerprint density at radius 1 is 1.33 bits per heavy atom. The number of hydrogen-bond donors (Lipinski definition) is 1. The molecule has 2 heterocycles. The molecule has 0 radical (unpaired) electrons. The van der Waals surface area contributed by atoms with E-state index in [0.717, 1.165) is 31.9 Å².